The van der Waals surface area contributed by atoms with E-state index in [0.29, 0.717) is 5.56 Å². The minimum atomic E-state index is -4.74. The van der Waals surface area contributed by atoms with Gasteiger partial charge in [0.25, 0.3) is 5.91 Å². The van der Waals surface area contributed by atoms with Crippen LogP contribution in [0, 0.1) is 11.3 Å². The van der Waals surface area contributed by atoms with E-state index in [1.807, 2.05) is 6.07 Å². The molecule has 2 aromatic carbocycles. The number of alkyl halides is 3. The molecule has 0 atom stereocenters. The third-order valence-electron chi connectivity index (χ3n) is 5.27. The average molecular weight is 511 g/mol. The van der Waals surface area contributed by atoms with Crippen molar-refractivity contribution in [3.63, 3.8) is 0 Å². The van der Waals surface area contributed by atoms with Crippen molar-refractivity contribution in [2.45, 2.75) is 12.7 Å². The third-order valence-corrected chi connectivity index (χ3v) is 5.55. The van der Waals surface area contributed by atoms with E-state index < -0.39 is 23.5 Å². The molecule has 0 aliphatic carbocycles. The molecule has 0 spiro atoms. The molecule has 4 aromatic rings. The Morgan fingerprint density at radius 1 is 1.14 bits per heavy atom. The zero-order valence-electron chi connectivity index (χ0n) is 18.8. The molecule has 0 bridgehead atoms. The maximum absolute atomic E-state index is 13.8. The van der Waals surface area contributed by atoms with Crippen molar-refractivity contribution in [2.75, 3.05) is 17.3 Å². The number of aromatic nitrogens is 3. The fourth-order valence-electron chi connectivity index (χ4n) is 3.53. The summed E-state index contributed by atoms with van der Waals surface area (Å²) < 4.78 is 42.5. The molecule has 0 aliphatic rings. The van der Waals surface area contributed by atoms with Gasteiger partial charge in [-0.05, 0) is 23.8 Å². The number of hydrogen-bond acceptors (Lipinski definition) is 5. The first kappa shape index (κ1) is 24.8. The molecular weight excluding hydrogens is 493 g/mol. The van der Waals surface area contributed by atoms with Crippen LogP contribution in [0.25, 0.3) is 5.82 Å². The van der Waals surface area contributed by atoms with Gasteiger partial charge in [-0.1, -0.05) is 60.1 Å². The van der Waals surface area contributed by atoms with Gasteiger partial charge in [0.1, 0.15) is 17.5 Å². The van der Waals surface area contributed by atoms with Crippen LogP contribution < -0.4 is 10.2 Å². The summed E-state index contributed by atoms with van der Waals surface area (Å²) in [5, 5.41) is 16.1. The molecule has 0 saturated heterocycles. The van der Waals surface area contributed by atoms with Crippen molar-refractivity contribution < 1.29 is 18.0 Å². The van der Waals surface area contributed by atoms with Crippen molar-refractivity contribution in [3.05, 3.63) is 100 Å². The summed E-state index contributed by atoms with van der Waals surface area (Å²) in [5.74, 6) is -1.10. The number of hydrogen-bond donors (Lipinski definition) is 1. The Labute approximate surface area is 209 Å². The van der Waals surface area contributed by atoms with E-state index >= 15 is 0 Å². The lowest BCUT2D eigenvalue weighted by atomic mass is 10.2. The first-order valence-corrected chi connectivity index (χ1v) is 11.0. The molecule has 182 valence electrons. The molecule has 36 heavy (non-hydrogen) atoms. The van der Waals surface area contributed by atoms with E-state index in [9.17, 15) is 23.2 Å². The van der Waals surface area contributed by atoms with Crippen LogP contribution in [0.5, 0.6) is 0 Å². The van der Waals surface area contributed by atoms with Crippen molar-refractivity contribution in [1.82, 2.24) is 14.8 Å². The molecule has 1 N–H and O–H groups in total. The second kappa shape index (κ2) is 10.1. The Hall–Kier alpha value is -4.36. The van der Waals surface area contributed by atoms with E-state index in [1.54, 1.807) is 60.7 Å². The molecule has 0 saturated carbocycles. The van der Waals surface area contributed by atoms with Crippen LogP contribution in [0.1, 0.15) is 27.0 Å². The smallest absolute Gasteiger partial charge is 0.365 e. The number of amides is 1. The number of nitriles is 1. The highest BCUT2D eigenvalue weighted by Crippen LogP contribution is 2.38. The second-order valence-electron chi connectivity index (χ2n) is 7.66. The Morgan fingerprint density at radius 3 is 2.39 bits per heavy atom. The van der Waals surface area contributed by atoms with Crippen molar-refractivity contribution >= 4 is 29.1 Å². The number of pyridine rings is 1. The summed E-state index contributed by atoms with van der Waals surface area (Å²) in [7, 11) is 1.43. The van der Waals surface area contributed by atoms with Gasteiger partial charge in [0.2, 0.25) is 0 Å². The van der Waals surface area contributed by atoms with E-state index in [2.05, 4.69) is 15.4 Å². The van der Waals surface area contributed by atoms with Gasteiger partial charge < -0.3 is 5.32 Å². The predicted molar refractivity (Wildman–Crippen MR) is 129 cm³/mol. The number of nitrogens with one attached hydrogen (secondary N) is 1. The van der Waals surface area contributed by atoms with Gasteiger partial charge in [-0.15, -0.1) is 0 Å². The largest absolute Gasteiger partial charge is 0.420 e. The highest BCUT2D eigenvalue weighted by molar-refractivity contribution is 6.32. The van der Waals surface area contributed by atoms with Crippen LogP contribution in [0.3, 0.4) is 0 Å². The van der Waals surface area contributed by atoms with Gasteiger partial charge in [0.05, 0.1) is 16.8 Å². The fourth-order valence-corrected chi connectivity index (χ4v) is 3.76. The number of carbonyl (C=O) groups is 1. The molecule has 7 nitrogen and oxygen atoms in total. The lowest BCUT2D eigenvalue weighted by Gasteiger charge is -2.21. The summed E-state index contributed by atoms with van der Waals surface area (Å²) in [6.07, 6.45) is -3.55. The summed E-state index contributed by atoms with van der Waals surface area (Å²) in [4.78, 5) is 18.4. The van der Waals surface area contributed by atoms with Gasteiger partial charge in [-0.2, -0.15) is 28.2 Å². The first-order chi connectivity index (χ1) is 17.2. The molecule has 2 aromatic heterocycles. The number of nitrogens with zero attached hydrogens (tertiary/aromatic N) is 5. The van der Waals surface area contributed by atoms with Crippen LogP contribution in [-0.2, 0) is 12.7 Å². The number of benzene rings is 2. The fraction of sp³-hybridized carbons (Fsp3) is 0.120. The third kappa shape index (κ3) is 5.01. The Bertz CT molecular complexity index is 1430. The monoisotopic (exact) mass is 510 g/mol. The summed E-state index contributed by atoms with van der Waals surface area (Å²) in [5.41, 5.74) is 0.0328. The standard InChI is InChI=1S/C25H18ClF3N6O/c1-34(24(36)17-10-6-3-7-11-17)23-18(13-30)15-32-35(23)22-20(26)12-19(25(27,28)29)21(33-22)31-14-16-8-4-2-5-9-16/h2-12,15H,14H2,1H3,(H,31,33). The topological polar surface area (TPSA) is 86.8 Å². The SMILES string of the molecule is CN(C(=O)c1ccccc1)c1c(C#N)cnn1-c1nc(NCc2ccccc2)c(C(F)(F)F)cc1Cl. The Balaban J connectivity index is 1.80. The average Bonchev–Trinajstić information content (AvgIpc) is 3.31. The van der Waals surface area contributed by atoms with Crippen LogP contribution in [0.15, 0.2) is 72.9 Å². The number of carbonyl (C=O) groups excluding carboxylic acids is 1. The number of anilines is 2. The molecule has 0 radical (unpaired) electrons. The summed E-state index contributed by atoms with van der Waals surface area (Å²) in [6.45, 7) is 0.0692. The first-order valence-electron chi connectivity index (χ1n) is 10.6. The zero-order chi connectivity index (χ0) is 25.9. The zero-order valence-corrected chi connectivity index (χ0v) is 19.5. The normalized spacial score (nSPS) is 11.1. The maximum Gasteiger partial charge on any atom is 0.420 e. The molecule has 11 heteroatoms. The quantitative estimate of drug-likeness (QED) is 0.359. The van der Waals surface area contributed by atoms with Gasteiger partial charge in [-0.25, -0.2) is 4.98 Å². The van der Waals surface area contributed by atoms with Crippen LogP contribution in [0.4, 0.5) is 24.8 Å². The molecule has 0 fully saturated rings. The minimum absolute atomic E-state index is 0.00882. The van der Waals surface area contributed by atoms with E-state index in [-0.39, 0.29) is 28.8 Å². The Kier molecular flexibility index (Phi) is 6.94. The van der Waals surface area contributed by atoms with Crippen molar-refractivity contribution in [1.29, 1.82) is 5.26 Å². The van der Waals surface area contributed by atoms with Crippen LogP contribution >= 0.6 is 11.6 Å². The van der Waals surface area contributed by atoms with Crippen molar-refractivity contribution in [3.8, 4) is 11.9 Å². The molecule has 0 unspecified atom stereocenters. The lowest BCUT2D eigenvalue weighted by molar-refractivity contribution is -0.137. The second-order valence-corrected chi connectivity index (χ2v) is 8.07. The van der Waals surface area contributed by atoms with Gasteiger partial charge in [0.15, 0.2) is 11.6 Å². The van der Waals surface area contributed by atoms with Gasteiger partial charge >= 0.3 is 6.18 Å². The van der Waals surface area contributed by atoms with E-state index in [4.69, 9.17) is 11.6 Å². The van der Waals surface area contributed by atoms with E-state index in [1.165, 1.54) is 18.1 Å². The molecule has 4 rings (SSSR count). The van der Waals surface area contributed by atoms with Gasteiger partial charge in [-0.3, -0.25) is 9.69 Å². The van der Waals surface area contributed by atoms with Crippen molar-refractivity contribution in [2.24, 2.45) is 0 Å². The number of rotatable bonds is 6. The maximum atomic E-state index is 13.8. The van der Waals surface area contributed by atoms with E-state index in [0.717, 1.165) is 16.3 Å². The summed E-state index contributed by atoms with van der Waals surface area (Å²) >= 11 is 6.25. The predicted octanol–water partition coefficient (Wildman–Crippen LogP) is 5.70. The number of halogens is 4. The van der Waals surface area contributed by atoms with Crippen LogP contribution in [-0.4, -0.2) is 27.7 Å². The molecule has 1 amide bonds. The minimum Gasteiger partial charge on any atom is -0.365 e. The van der Waals surface area contributed by atoms with Crippen LogP contribution in [0.2, 0.25) is 5.02 Å². The Morgan fingerprint density at radius 2 is 1.78 bits per heavy atom. The summed E-state index contributed by atoms with van der Waals surface area (Å²) in [6, 6.07) is 19.8. The molecular formula is C25H18ClF3N6O. The highest BCUT2D eigenvalue weighted by atomic mass is 35.5. The van der Waals surface area contributed by atoms with Gasteiger partial charge in [0, 0.05) is 19.2 Å². The lowest BCUT2D eigenvalue weighted by Crippen LogP contribution is -2.29. The molecule has 0 aliphatic heterocycles. The highest BCUT2D eigenvalue weighted by Gasteiger charge is 2.36. The molecule has 2 heterocycles.